The van der Waals surface area contributed by atoms with E-state index in [1.54, 1.807) is 0 Å². The van der Waals surface area contributed by atoms with Gasteiger partial charge in [-0.25, -0.2) is 0 Å². The van der Waals surface area contributed by atoms with Crippen molar-refractivity contribution in [3.8, 4) is 0 Å². The molecule has 0 saturated heterocycles. The second-order valence-corrected chi connectivity index (χ2v) is 6.65. The van der Waals surface area contributed by atoms with E-state index < -0.39 is 0 Å². The van der Waals surface area contributed by atoms with Crippen molar-refractivity contribution < 1.29 is 0 Å². The van der Waals surface area contributed by atoms with Crippen LogP contribution in [0.5, 0.6) is 0 Å². The molecule has 0 amide bonds. The summed E-state index contributed by atoms with van der Waals surface area (Å²) in [5, 5.41) is 0.884. The molecule has 2 heteroatoms. The predicted molar refractivity (Wildman–Crippen MR) is 79.2 cm³/mol. The first-order valence-corrected chi connectivity index (χ1v) is 7.79. The lowest BCUT2D eigenvalue weighted by Gasteiger charge is -2.28. The van der Waals surface area contributed by atoms with Crippen molar-refractivity contribution in [1.29, 1.82) is 0 Å². The summed E-state index contributed by atoms with van der Waals surface area (Å²) in [6.07, 6.45) is 6.90. The molecule has 1 fully saturated rings. The van der Waals surface area contributed by atoms with Gasteiger partial charge < -0.3 is 0 Å². The van der Waals surface area contributed by atoms with Crippen molar-refractivity contribution in [3.05, 3.63) is 33.8 Å². The number of benzene rings is 1. The van der Waals surface area contributed by atoms with E-state index in [-0.39, 0.29) is 0 Å². The molecule has 1 atom stereocenters. The zero-order chi connectivity index (χ0) is 12.4. The lowest BCUT2D eigenvalue weighted by Crippen LogP contribution is -2.13. The Bertz CT molecular complexity index is 394. The topological polar surface area (TPSA) is 0 Å². The molecule has 1 aliphatic rings. The molecule has 0 N–H and O–H groups in total. The van der Waals surface area contributed by atoms with Crippen LogP contribution in [0.25, 0.3) is 0 Å². The molecule has 0 radical (unpaired) electrons. The summed E-state index contributed by atoms with van der Waals surface area (Å²) in [6, 6.07) is 4.36. The van der Waals surface area contributed by atoms with Crippen molar-refractivity contribution >= 4 is 27.5 Å². The van der Waals surface area contributed by atoms with Crippen molar-refractivity contribution in [1.82, 2.24) is 0 Å². The van der Waals surface area contributed by atoms with Gasteiger partial charge in [-0.3, -0.25) is 0 Å². The SMILES string of the molecule is Cc1cc(C(Br)C2CCCCC2)c(C)cc1Cl. The average Bonchev–Trinajstić information content (AvgIpc) is 2.34. The standard InChI is InChI=1S/C15H20BrCl/c1-10-9-14(17)11(2)8-13(10)15(16)12-6-4-3-5-7-12/h8-9,12,15H,3-7H2,1-2H3. The Morgan fingerprint density at radius 1 is 1.12 bits per heavy atom. The fourth-order valence-corrected chi connectivity index (χ4v) is 4.02. The van der Waals surface area contributed by atoms with Crippen molar-refractivity contribution in [2.45, 2.75) is 50.8 Å². The maximum absolute atomic E-state index is 6.16. The van der Waals surface area contributed by atoms with Crippen molar-refractivity contribution in [2.24, 2.45) is 5.92 Å². The van der Waals surface area contributed by atoms with Gasteiger partial charge in [-0.2, -0.15) is 0 Å². The van der Waals surface area contributed by atoms with E-state index in [2.05, 4.69) is 41.9 Å². The number of hydrogen-bond acceptors (Lipinski definition) is 0. The van der Waals surface area contributed by atoms with E-state index in [4.69, 9.17) is 11.6 Å². The molecule has 17 heavy (non-hydrogen) atoms. The first-order valence-electron chi connectivity index (χ1n) is 6.50. The Kier molecular flexibility index (Phi) is 4.54. The highest BCUT2D eigenvalue weighted by Gasteiger charge is 2.24. The van der Waals surface area contributed by atoms with Crippen molar-refractivity contribution in [2.75, 3.05) is 0 Å². The van der Waals surface area contributed by atoms with Gasteiger partial charge in [0.25, 0.3) is 0 Å². The van der Waals surface area contributed by atoms with Gasteiger partial charge in [0.05, 0.1) is 0 Å². The summed E-state index contributed by atoms with van der Waals surface area (Å²) in [5.74, 6) is 0.794. The third-order valence-electron chi connectivity index (χ3n) is 3.91. The molecular weight excluding hydrogens is 296 g/mol. The Balaban J connectivity index is 2.23. The summed E-state index contributed by atoms with van der Waals surface area (Å²) < 4.78 is 0. The highest BCUT2D eigenvalue weighted by atomic mass is 79.9. The number of hydrogen-bond donors (Lipinski definition) is 0. The molecule has 94 valence electrons. The molecule has 0 spiro atoms. The predicted octanol–water partition coefficient (Wildman–Crippen LogP) is 5.97. The highest BCUT2D eigenvalue weighted by Crippen LogP contribution is 2.42. The normalized spacial score (nSPS) is 19.3. The maximum Gasteiger partial charge on any atom is 0.0438 e. The summed E-state index contributed by atoms with van der Waals surface area (Å²) >= 11 is 10.1. The van der Waals surface area contributed by atoms with Gasteiger partial charge >= 0.3 is 0 Å². The molecule has 2 rings (SSSR count). The largest absolute Gasteiger partial charge is 0.0840 e. The van der Waals surface area contributed by atoms with Crippen LogP contribution in [0.15, 0.2) is 12.1 Å². The molecule has 1 aliphatic carbocycles. The molecule has 0 aliphatic heterocycles. The van der Waals surface area contributed by atoms with Crippen LogP contribution in [0.4, 0.5) is 0 Å². The maximum atomic E-state index is 6.16. The first kappa shape index (κ1) is 13.4. The third-order valence-corrected chi connectivity index (χ3v) is 5.56. The van der Waals surface area contributed by atoms with Gasteiger partial charge in [-0.1, -0.05) is 52.9 Å². The van der Waals surface area contributed by atoms with Crippen LogP contribution in [0.3, 0.4) is 0 Å². The minimum atomic E-state index is 0.499. The van der Waals surface area contributed by atoms with Crippen LogP contribution < -0.4 is 0 Å². The Morgan fingerprint density at radius 2 is 1.76 bits per heavy atom. The Hall–Kier alpha value is -0.0100. The zero-order valence-electron chi connectivity index (χ0n) is 10.6. The average molecular weight is 316 g/mol. The smallest absolute Gasteiger partial charge is 0.0438 e. The summed E-state index contributed by atoms with van der Waals surface area (Å²) in [7, 11) is 0. The zero-order valence-corrected chi connectivity index (χ0v) is 12.9. The van der Waals surface area contributed by atoms with Crippen molar-refractivity contribution in [3.63, 3.8) is 0 Å². The molecule has 1 unspecified atom stereocenters. The quantitative estimate of drug-likeness (QED) is 0.589. The van der Waals surface area contributed by atoms with Crippen LogP contribution in [0.2, 0.25) is 5.02 Å². The molecule has 1 aromatic rings. The molecule has 0 nitrogen and oxygen atoms in total. The fourth-order valence-electron chi connectivity index (χ4n) is 2.78. The molecule has 1 aromatic carbocycles. The van der Waals surface area contributed by atoms with E-state index in [1.807, 2.05) is 0 Å². The van der Waals surface area contributed by atoms with Crippen LogP contribution >= 0.6 is 27.5 Å². The lowest BCUT2D eigenvalue weighted by molar-refractivity contribution is 0.354. The lowest BCUT2D eigenvalue weighted by atomic mass is 9.83. The van der Waals surface area contributed by atoms with Gasteiger partial charge in [0.2, 0.25) is 0 Å². The van der Waals surface area contributed by atoms with E-state index in [0.717, 1.165) is 10.9 Å². The minimum Gasteiger partial charge on any atom is -0.0840 e. The summed E-state index contributed by atoms with van der Waals surface area (Å²) in [5.41, 5.74) is 3.93. The number of rotatable bonds is 2. The van der Waals surface area contributed by atoms with Gasteiger partial charge in [0.15, 0.2) is 0 Å². The van der Waals surface area contributed by atoms with E-state index in [1.165, 1.54) is 48.8 Å². The molecular formula is C15H20BrCl. The highest BCUT2D eigenvalue weighted by molar-refractivity contribution is 9.09. The molecule has 1 saturated carbocycles. The van der Waals surface area contributed by atoms with E-state index in [9.17, 15) is 0 Å². The number of alkyl halides is 1. The van der Waals surface area contributed by atoms with E-state index in [0.29, 0.717) is 4.83 Å². The molecule has 0 heterocycles. The van der Waals surface area contributed by atoms with E-state index >= 15 is 0 Å². The van der Waals surface area contributed by atoms with Crippen LogP contribution in [-0.2, 0) is 0 Å². The van der Waals surface area contributed by atoms with Crippen LogP contribution in [-0.4, -0.2) is 0 Å². The third kappa shape index (κ3) is 3.06. The Morgan fingerprint density at radius 3 is 2.41 bits per heavy atom. The summed E-state index contributed by atoms with van der Waals surface area (Å²) in [6.45, 7) is 4.25. The second kappa shape index (κ2) is 5.75. The molecule has 0 bridgehead atoms. The van der Waals surface area contributed by atoms with Gasteiger partial charge in [0.1, 0.15) is 0 Å². The monoisotopic (exact) mass is 314 g/mol. The van der Waals surface area contributed by atoms with Gasteiger partial charge in [-0.15, -0.1) is 0 Å². The fraction of sp³-hybridized carbons (Fsp3) is 0.600. The van der Waals surface area contributed by atoms with Crippen LogP contribution in [0, 0.1) is 19.8 Å². The Labute approximate surface area is 118 Å². The van der Waals surface area contributed by atoms with Crippen LogP contribution in [0.1, 0.15) is 53.6 Å². The number of halogens is 2. The molecule has 0 aromatic heterocycles. The van der Waals surface area contributed by atoms with Gasteiger partial charge in [0, 0.05) is 9.85 Å². The minimum absolute atomic E-state index is 0.499. The first-order chi connectivity index (χ1) is 8.09. The second-order valence-electron chi connectivity index (χ2n) is 5.26. The summed E-state index contributed by atoms with van der Waals surface area (Å²) in [4.78, 5) is 0.499. The number of aryl methyl sites for hydroxylation is 2. The van der Waals surface area contributed by atoms with Gasteiger partial charge in [-0.05, 0) is 55.4 Å².